The van der Waals surface area contributed by atoms with Crippen molar-refractivity contribution in [3.05, 3.63) is 138 Å². The van der Waals surface area contributed by atoms with Crippen molar-refractivity contribution >= 4 is 36.8 Å². The fourth-order valence-electron chi connectivity index (χ4n) is 7.56. The lowest BCUT2D eigenvalue weighted by atomic mass is 10.0. The van der Waals surface area contributed by atoms with E-state index < -0.39 is 55.6 Å². The first-order valence-electron chi connectivity index (χ1n) is 19.1. The number of aliphatic hydroxyl groups is 2. The number of aryl methyl sites for hydroxylation is 12. The molecule has 0 aliphatic rings. The number of carbonyl (C=O) groups excluding carboxylic acids is 4. The molecule has 0 aliphatic carbocycles. The molecule has 10 nitrogen and oxygen atoms in total. The van der Waals surface area contributed by atoms with E-state index in [4.69, 9.17) is 9.05 Å². The second-order valence-corrected chi connectivity index (χ2v) is 20.0. The van der Waals surface area contributed by atoms with Gasteiger partial charge >= 0.3 is 14.7 Å². The molecule has 2 atom stereocenters. The van der Waals surface area contributed by atoms with Crippen LogP contribution in [0.5, 0.6) is 0 Å². The second-order valence-electron chi connectivity index (χ2n) is 15.7. The van der Waals surface area contributed by atoms with E-state index in [2.05, 4.69) is 0 Å². The zero-order chi connectivity index (χ0) is 44.2. The smallest absolute Gasteiger partial charge is 0.340 e. The van der Waals surface area contributed by atoms with Crippen LogP contribution in [0.2, 0.25) is 0 Å². The lowest BCUT2D eigenvalue weighted by Gasteiger charge is -2.23. The number of hydrogen-bond donors (Lipinski definition) is 2. The minimum absolute atomic E-state index is 0.236. The predicted molar refractivity (Wildman–Crippen MR) is 230 cm³/mol. The molecule has 4 rings (SSSR count). The summed E-state index contributed by atoms with van der Waals surface area (Å²) in [4.78, 5) is 53.9. The van der Waals surface area contributed by atoms with Gasteiger partial charge in [0.05, 0.1) is 25.4 Å². The van der Waals surface area contributed by atoms with Gasteiger partial charge in [0.15, 0.2) is 0 Å². The number of rotatable bonds is 14. The highest BCUT2D eigenvalue weighted by atomic mass is 31.2. The van der Waals surface area contributed by atoms with Crippen molar-refractivity contribution in [3.63, 3.8) is 0 Å². The van der Waals surface area contributed by atoms with Gasteiger partial charge in [-0.15, -0.1) is 0 Å². The van der Waals surface area contributed by atoms with Crippen LogP contribution in [-0.4, -0.2) is 57.7 Å². The highest BCUT2D eigenvalue weighted by Gasteiger charge is 2.47. The molecule has 0 aliphatic heterocycles. The average Bonchev–Trinajstić information content (AvgIpc) is 3.08. The molecule has 0 saturated heterocycles. The zero-order valence-corrected chi connectivity index (χ0v) is 38.0. The first-order chi connectivity index (χ1) is 26.8. The number of hydrogen-bond acceptors (Lipinski definition) is 10. The summed E-state index contributed by atoms with van der Waals surface area (Å²) in [6, 6.07) is 14.5. The van der Waals surface area contributed by atoms with Crippen molar-refractivity contribution < 1.29 is 47.6 Å². The van der Waals surface area contributed by atoms with Gasteiger partial charge in [-0.05, 0) is 141 Å². The van der Waals surface area contributed by atoms with Crippen LogP contribution in [0.1, 0.15) is 122 Å². The van der Waals surface area contributed by atoms with Gasteiger partial charge in [0.1, 0.15) is 0 Å². The molecule has 4 aromatic rings. The quantitative estimate of drug-likeness (QED) is 0.117. The molecule has 4 aromatic carbocycles. The predicted octanol–water partition coefficient (Wildman–Crippen LogP) is 10.4. The molecule has 312 valence electrons. The molecule has 0 bridgehead atoms. The summed E-state index contributed by atoms with van der Waals surface area (Å²) in [5, 5.41) is 19.1. The van der Waals surface area contributed by atoms with Crippen LogP contribution in [0.25, 0.3) is 0 Å². The Labute approximate surface area is 343 Å². The van der Waals surface area contributed by atoms with E-state index in [-0.39, 0.29) is 28.9 Å². The van der Waals surface area contributed by atoms with Gasteiger partial charge in [-0.2, -0.15) is 0 Å². The van der Waals surface area contributed by atoms with Crippen LogP contribution >= 0.6 is 14.7 Å². The number of benzene rings is 4. The lowest BCUT2D eigenvalue weighted by molar-refractivity contribution is 0.0913. The highest BCUT2D eigenvalue weighted by Crippen LogP contribution is 2.56. The summed E-state index contributed by atoms with van der Waals surface area (Å²) in [5.74, 6) is 0. The molecular formula is C46H58O10P2. The zero-order valence-electron chi connectivity index (χ0n) is 36.2. The van der Waals surface area contributed by atoms with Gasteiger partial charge in [0.2, 0.25) is 0 Å². The molecular weight excluding hydrogens is 774 g/mol. The summed E-state index contributed by atoms with van der Waals surface area (Å²) in [6.45, 7) is 23.7. The molecule has 58 heavy (non-hydrogen) atoms. The van der Waals surface area contributed by atoms with E-state index in [1.54, 1.807) is 55.4 Å². The van der Waals surface area contributed by atoms with Crippen molar-refractivity contribution in [2.24, 2.45) is 0 Å². The van der Waals surface area contributed by atoms with E-state index in [9.17, 15) is 38.5 Å². The van der Waals surface area contributed by atoms with Crippen LogP contribution in [0.3, 0.4) is 0 Å². The normalized spacial score (nSPS) is 12.7. The summed E-state index contributed by atoms with van der Waals surface area (Å²) in [5.41, 5.74) is 6.62. The fourth-order valence-corrected chi connectivity index (χ4v) is 11.9. The van der Waals surface area contributed by atoms with Gasteiger partial charge in [-0.3, -0.25) is 28.3 Å². The fraction of sp³-hybridized carbons (Fsp3) is 0.391. The maximum atomic E-state index is 13.9. The van der Waals surface area contributed by atoms with Gasteiger partial charge in [-0.1, -0.05) is 70.8 Å². The van der Waals surface area contributed by atoms with Gasteiger partial charge in [0.25, 0.3) is 22.1 Å². The summed E-state index contributed by atoms with van der Waals surface area (Å²) < 4.78 is 38.7. The number of carbonyl (C=O) groups is 4. The molecule has 0 amide bonds. The molecule has 0 radical (unpaired) electrons. The van der Waals surface area contributed by atoms with Crippen LogP contribution < -0.4 is 0 Å². The summed E-state index contributed by atoms with van der Waals surface area (Å²) >= 11 is 0. The first-order valence-corrected chi connectivity index (χ1v) is 22.4. The number of aliphatic hydroxyl groups excluding tert-OH is 2. The molecule has 0 aromatic heterocycles. The van der Waals surface area contributed by atoms with Crippen molar-refractivity contribution in [1.29, 1.82) is 0 Å². The van der Waals surface area contributed by atoms with Crippen molar-refractivity contribution in [3.8, 4) is 0 Å². The van der Waals surface area contributed by atoms with Crippen LogP contribution in [-0.2, 0) is 18.2 Å². The molecule has 0 heterocycles. The van der Waals surface area contributed by atoms with Crippen molar-refractivity contribution in [1.82, 2.24) is 0 Å². The minimum atomic E-state index is -4.49. The molecule has 0 spiro atoms. The van der Waals surface area contributed by atoms with E-state index in [0.29, 0.717) is 44.5 Å². The van der Waals surface area contributed by atoms with Crippen LogP contribution in [0.4, 0.5) is 0 Å². The topological polar surface area (TPSA) is 161 Å². The Morgan fingerprint density at radius 3 is 0.914 bits per heavy atom. The van der Waals surface area contributed by atoms with Gasteiger partial charge in [-0.25, -0.2) is 0 Å². The van der Waals surface area contributed by atoms with Crippen molar-refractivity contribution in [2.75, 3.05) is 13.2 Å². The van der Waals surface area contributed by atoms with E-state index >= 15 is 0 Å². The lowest BCUT2D eigenvalue weighted by Crippen LogP contribution is -2.22. The third-order valence-corrected chi connectivity index (χ3v) is 13.9. The standard InChI is InChI=1S/2C23H29O5P/c1-13-8-15(3)20(16(4)9-13)22(25)29(27,28-12-19(7)24)23(26)21-17(5)10-14(2)11-18(21)6;1-13-8-15(3)20(16(4)9-13)22(25)29(27,28-19(7)12-24)23(26)21-17(5)10-14(2)11-18(21)6/h2*8-11,19,24H,12H2,1-7H3. The monoisotopic (exact) mass is 832 g/mol. The molecule has 2 unspecified atom stereocenters. The minimum Gasteiger partial charge on any atom is -0.394 e. The molecule has 0 saturated carbocycles. The third-order valence-electron chi connectivity index (χ3n) is 9.72. The Hall–Kier alpha value is -4.14. The Morgan fingerprint density at radius 2 is 0.707 bits per heavy atom. The van der Waals surface area contributed by atoms with E-state index in [0.717, 1.165) is 22.3 Å². The van der Waals surface area contributed by atoms with E-state index in [1.807, 2.05) is 76.2 Å². The second kappa shape index (κ2) is 19.3. The Bertz CT molecular complexity index is 2130. The molecule has 0 fully saturated rings. The molecule has 12 heteroatoms. The first kappa shape index (κ1) is 48.2. The SMILES string of the molecule is Cc1cc(C)c(C(=O)P(=O)(OC(C)CO)C(=O)c2c(C)cc(C)cc2C)c(C)c1.Cc1cc(C)c(C(=O)P(=O)(OCC(C)O)C(=O)c2c(C)cc(C)cc2C)c(C)c1. The van der Waals surface area contributed by atoms with Crippen molar-refractivity contribution in [2.45, 2.75) is 109 Å². The van der Waals surface area contributed by atoms with Crippen LogP contribution in [0, 0.1) is 83.1 Å². The highest BCUT2D eigenvalue weighted by molar-refractivity contribution is 7.92. The summed E-state index contributed by atoms with van der Waals surface area (Å²) in [6.07, 6.45) is -1.89. The Kier molecular flexibility index (Phi) is 16.0. The van der Waals surface area contributed by atoms with Gasteiger partial charge in [0, 0.05) is 22.3 Å². The molecule has 2 N–H and O–H groups in total. The maximum Gasteiger partial charge on any atom is 0.340 e. The van der Waals surface area contributed by atoms with E-state index in [1.165, 1.54) is 13.8 Å². The van der Waals surface area contributed by atoms with Crippen LogP contribution in [0.15, 0.2) is 48.5 Å². The Balaban J connectivity index is 0.000000310. The Morgan fingerprint density at radius 1 is 0.483 bits per heavy atom. The largest absolute Gasteiger partial charge is 0.394 e. The van der Waals surface area contributed by atoms with Gasteiger partial charge < -0.3 is 19.3 Å². The summed E-state index contributed by atoms with van der Waals surface area (Å²) in [7, 11) is -8.97. The third kappa shape index (κ3) is 10.5. The maximum absolute atomic E-state index is 13.9. The average molecular weight is 833 g/mol.